The molecule has 2 nitrogen and oxygen atoms in total. The average molecular weight is 693 g/mol. The van der Waals surface area contributed by atoms with Crippen LogP contribution in [0.4, 0.5) is 0 Å². The molecule has 0 atom stereocenters. The number of rotatable bonds is 2. The lowest BCUT2D eigenvalue weighted by atomic mass is 9.34. The molecule has 0 spiro atoms. The Labute approximate surface area is 317 Å². The minimum Gasteiger partial charge on any atom is -0.310 e. The number of hydrogen-bond acceptors (Lipinski definition) is 0. The molecule has 5 aromatic carbocycles. The fourth-order valence-corrected chi connectivity index (χ4v) is 9.65. The van der Waals surface area contributed by atoms with Crippen molar-refractivity contribution in [2.75, 3.05) is 0 Å². The molecule has 0 saturated carbocycles. The van der Waals surface area contributed by atoms with Gasteiger partial charge >= 0.3 is 0 Å². The summed E-state index contributed by atoms with van der Waals surface area (Å²) in [6.45, 7) is 28.7. The zero-order valence-electron chi connectivity index (χ0n) is 33.8. The van der Waals surface area contributed by atoms with Gasteiger partial charge in [-0.2, -0.15) is 0 Å². The molecule has 53 heavy (non-hydrogen) atoms. The van der Waals surface area contributed by atoms with Crippen molar-refractivity contribution in [2.24, 2.45) is 0 Å². The summed E-state index contributed by atoms with van der Waals surface area (Å²) in [5, 5.41) is 2.78. The van der Waals surface area contributed by atoms with Crippen LogP contribution in [0.25, 0.3) is 55.7 Å². The van der Waals surface area contributed by atoms with Crippen LogP contribution in [-0.4, -0.2) is 15.8 Å². The zero-order valence-corrected chi connectivity index (χ0v) is 33.8. The highest BCUT2D eigenvalue weighted by Gasteiger charge is 2.45. The van der Waals surface area contributed by atoms with E-state index >= 15 is 0 Å². The fourth-order valence-electron chi connectivity index (χ4n) is 9.65. The number of benzene rings is 5. The van der Waals surface area contributed by atoms with Gasteiger partial charge in [-0.1, -0.05) is 162 Å². The first-order chi connectivity index (χ1) is 24.9. The summed E-state index contributed by atoms with van der Waals surface area (Å²) in [4.78, 5) is 0. The molecule has 0 radical (unpaired) electrons. The first kappa shape index (κ1) is 34.0. The Morgan fingerprint density at radius 2 is 0.792 bits per heavy atom. The Morgan fingerprint density at radius 3 is 1.13 bits per heavy atom. The molecule has 7 aromatic rings. The zero-order chi connectivity index (χ0) is 37.6. The third-order valence-electron chi connectivity index (χ3n) is 12.0. The van der Waals surface area contributed by atoms with Gasteiger partial charge in [-0.3, -0.25) is 0 Å². The lowest BCUT2D eigenvalue weighted by Crippen LogP contribution is -2.59. The van der Waals surface area contributed by atoms with Crippen LogP contribution < -0.4 is 16.4 Å². The molecule has 9 rings (SSSR count). The largest absolute Gasteiger partial charge is 0.310 e. The molecule has 0 amide bonds. The van der Waals surface area contributed by atoms with E-state index in [0.717, 1.165) is 0 Å². The fraction of sp³-hybridized carbons (Fsp3) is 0.320. The van der Waals surface area contributed by atoms with Gasteiger partial charge in [-0.25, -0.2) is 0 Å². The maximum Gasteiger partial charge on any atom is 0.252 e. The minimum absolute atomic E-state index is 0.0218. The second-order valence-corrected chi connectivity index (χ2v) is 19.9. The minimum atomic E-state index is -0.0903. The molecule has 0 fully saturated rings. The van der Waals surface area contributed by atoms with Crippen molar-refractivity contribution < 1.29 is 0 Å². The summed E-state index contributed by atoms with van der Waals surface area (Å²) < 4.78 is 5.32. The van der Waals surface area contributed by atoms with Crippen molar-refractivity contribution in [3.63, 3.8) is 0 Å². The van der Waals surface area contributed by atoms with E-state index in [2.05, 4.69) is 195 Å². The topological polar surface area (TPSA) is 9.86 Å². The summed E-state index contributed by atoms with van der Waals surface area (Å²) in [6.07, 6.45) is 0. The number of aromatic nitrogens is 2. The molecule has 3 heteroatoms. The molecular weight excluding hydrogens is 639 g/mol. The molecule has 266 valence electrons. The quantitative estimate of drug-likeness (QED) is 0.160. The first-order valence-corrected chi connectivity index (χ1v) is 19.6. The van der Waals surface area contributed by atoms with E-state index in [1.54, 1.807) is 0 Å². The van der Waals surface area contributed by atoms with Crippen LogP contribution in [0.3, 0.4) is 0 Å². The molecule has 2 aliphatic rings. The molecule has 0 aliphatic carbocycles. The molecule has 2 aromatic heterocycles. The van der Waals surface area contributed by atoms with Crippen molar-refractivity contribution in [3.05, 3.63) is 125 Å². The normalized spacial score (nSPS) is 14.0. The number of fused-ring (bicyclic) bond motifs is 4. The highest BCUT2D eigenvalue weighted by Crippen LogP contribution is 2.48. The summed E-state index contributed by atoms with van der Waals surface area (Å²) in [6, 6.07) is 39.6. The van der Waals surface area contributed by atoms with Crippen molar-refractivity contribution in [3.8, 4) is 33.9 Å². The predicted octanol–water partition coefficient (Wildman–Crippen LogP) is 11.2. The van der Waals surface area contributed by atoms with E-state index in [1.807, 2.05) is 0 Å². The standard InChI is InChI=1S/C50H53BN2/c1-47(2,3)32-26-34-40(49(7,8)9)43(30-20-15-13-16-21-30)52-38-24-19-25-39-42(38)51(36(28-32)45(34)52)37-29-33(48(4,5)6)27-35-41(50(10,11)12)44(53(39)46(35)37)31-22-17-14-18-23-31/h13-29H,1-12H3. The summed E-state index contributed by atoms with van der Waals surface area (Å²) >= 11 is 0. The van der Waals surface area contributed by atoms with Gasteiger partial charge in [0.25, 0.3) is 6.71 Å². The third-order valence-corrected chi connectivity index (χ3v) is 12.0. The molecule has 4 heterocycles. The Balaban J connectivity index is 1.56. The van der Waals surface area contributed by atoms with E-state index in [0.29, 0.717) is 0 Å². The predicted molar refractivity (Wildman–Crippen MR) is 230 cm³/mol. The van der Waals surface area contributed by atoms with Crippen molar-refractivity contribution in [1.82, 2.24) is 9.13 Å². The maximum atomic E-state index is 2.66. The highest BCUT2D eigenvalue weighted by atomic mass is 15.1. The van der Waals surface area contributed by atoms with Gasteiger partial charge in [-0.15, -0.1) is 0 Å². The maximum absolute atomic E-state index is 2.66. The molecule has 0 saturated heterocycles. The Kier molecular flexibility index (Phi) is 7.01. The average Bonchev–Trinajstić information content (AvgIpc) is 3.63. The van der Waals surface area contributed by atoms with Crippen LogP contribution in [0.5, 0.6) is 0 Å². The van der Waals surface area contributed by atoms with Crippen LogP contribution in [0.1, 0.15) is 105 Å². The van der Waals surface area contributed by atoms with E-state index in [-0.39, 0.29) is 28.4 Å². The van der Waals surface area contributed by atoms with E-state index in [1.165, 1.54) is 94.3 Å². The van der Waals surface area contributed by atoms with Crippen LogP contribution in [0.15, 0.2) is 103 Å². The van der Waals surface area contributed by atoms with Crippen molar-refractivity contribution in [2.45, 2.75) is 105 Å². The van der Waals surface area contributed by atoms with Crippen LogP contribution in [-0.2, 0) is 21.7 Å². The van der Waals surface area contributed by atoms with Crippen LogP contribution >= 0.6 is 0 Å². The number of nitrogens with zero attached hydrogens (tertiary/aromatic N) is 2. The smallest absolute Gasteiger partial charge is 0.252 e. The summed E-state index contributed by atoms with van der Waals surface area (Å²) in [5.41, 5.74) is 20.2. The monoisotopic (exact) mass is 692 g/mol. The lowest BCUT2D eigenvalue weighted by molar-refractivity contribution is 0.588. The second kappa shape index (κ2) is 10.9. The van der Waals surface area contributed by atoms with Crippen LogP contribution in [0, 0.1) is 0 Å². The van der Waals surface area contributed by atoms with E-state index in [9.17, 15) is 0 Å². The second-order valence-electron chi connectivity index (χ2n) is 19.9. The van der Waals surface area contributed by atoms with Gasteiger partial charge < -0.3 is 9.13 Å². The molecule has 0 N–H and O–H groups in total. The van der Waals surface area contributed by atoms with Crippen LogP contribution in [0.2, 0.25) is 0 Å². The van der Waals surface area contributed by atoms with Gasteiger partial charge in [0.15, 0.2) is 0 Å². The summed E-state index contributed by atoms with van der Waals surface area (Å²) in [7, 11) is 0. The Hall–Kier alpha value is -4.76. The highest BCUT2D eigenvalue weighted by molar-refractivity contribution is 7.00. The Morgan fingerprint density at radius 1 is 0.415 bits per heavy atom. The molecule has 0 unspecified atom stereocenters. The van der Waals surface area contributed by atoms with Gasteiger partial charge in [0.05, 0.1) is 11.4 Å². The summed E-state index contributed by atoms with van der Waals surface area (Å²) in [5.74, 6) is 0. The lowest BCUT2D eigenvalue weighted by Gasteiger charge is -2.36. The van der Waals surface area contributed by atoms with Gasteiger partial charge in [-0.05, 0) is 95.7 Å². The third kappa shape index (κ3) is 4.85. The number of hydrogen-bond donors (Lipinski definition) is 0. The van der Waals surface area contributed by atoms with Gasteiger partial charge in [0, 0.05) is 33.2 Å². The van der Waals surface area contributed by atoms with Crippen molar-refractivity contribution >= 4 is 44.9 Å². The van der Waals surface area contributed by atoms with Gasteiger partial charge in [0.1, 0.15) is 0 Å². The first-order valence-electron chi connectivity index (χ1n) is 19.6. The van der Waals surface area contributed by atoms with Crippen molar-refractivity contribution in [1.29, 1.82) is 0 Å². The van der Waals surface area contributed by atoms with E-state index in [4.69, 9.17) is 0 Å². The van der Waals surface area contributed by atoms with E-state index < -0.39 is 0 Å². The molecular formula is C50H53BN2. The molecule has 2 aliphatic heterocycles. The Bertz CT molecular complexity index is 2440. The van der Waals surface area contributed by atoms with Gasteiger partial charge in [0.2, 0.25) is 0 Å². The SMILES string of the molecule is CC(C)(C)c1cc2c3c(c1)c(C(C)(C)C)c(-c1ccccc1)n3-c1cccc3c1B2c1cc(C(C)(C)C)cc2c(C(C)(C)C)c(-c4ccccc4)n-3c12. The molecule has 0 bridgehead atoms.